The number of amides is 3. The van der Waals surface area contributed by atoms with Crippen molar-refractivity contribution >= 4 is 28.6 Å². The topological polar surface area (TPSA) is 105 Å². The maximum absolute atomic E-state index is 15.3. The van der Waals surface area contributed by atoms with Crippen molar-refractivity contribution < 1.29 is 18.9 Å². The highest BCUT2D eigenvalue weighted by atomic mass is 16.2. The summed E-state index contributed by atoms with van der Waals surface area (Å²) in [5.41, 5.74) is 10.9. The molecule has 7 nitrogen and oxygen atoms in total. The van der Waals surface area contributed by atoms with Gasteiger partial charge in [-0.25, -0.2) is 9.59 Å². The van der Waals surface area contributed by atoms with Crippen LogP contribution in [-0.4, -0.2) is 39.3 Å². The van der Waals surface area contributed by atoms with Gasteiger partial charge in [-0.1, -0.05) is 122 Å². The maximum atomic E-state index is 15.3. The van der Waals surface area contributed by atoms with Gasteiger partial charge in [0.05, 0.1) is 11.5 Å². The number of fused-ring (bicyclic) bond motifs is 1. The number of quaternary nitrogens is 1. The van der Waals surface area contributed by atoms with Crippen LogP contribution < -0.4 is 11.1 Å². The van der Waals surface area contributed by atoms with Gasteiger partial charge in [0.25, 0.3) is 5.91 Å². The summed E-state index contributed by atoms with van der Waals surface area (Å²) in [6, 6.07) is 35.4. The fourth-order valence-corrected chi connectivity index (χ4v) is 6.96. The number of nitrogens with two attached hydrogens (primary N) is 1. The van der Waals surface area contributed by atoms with E-state index in [9.17, 15) is 9.59 Å². The number of hydrogen-bond acceptors (Lipinski definition) is 4. The average Bonchev–Trinajstić information content (AvgIpc) is 3.53. The molecule has 1 aromatic heterocycles. The molecule has 1 fully saturated rings. The van der Waals surface area contributed by atoms with E-state index in [0.717, 1.165) is 40.4 Å². The summed E-state index contributed by atoms with van der Waals surface area (Å²) < 4.78 is -0.452. The third-order valence-corrected chi connectivity index (χ3v) is 9.28. The monoisotopic (exact) mass is 613 g/mol. The van der Waals surface area contributed by atoms with Crippen molar-refractivity contribution in [3.05, 3.63) is 144 Å². The zero-order chi connectivity index (χ0) is 31.9. The fourth-order valence-electron chi connectivity index (χ4n) is 6.96. The Morgan fingerprint density at radius 3 is 1.91 bits per heavy atom. The van der Waals surface area contributed by atoms with E-state index in [0.29, 0.717) is 24.8 Å². The first-order chi connectivity index (χ1) is 22.4. The van der Waals surface area contributed by atoms with E-state index >= 15 is 4.79 Å². The molecule has 6 rings (SSSR count). The summed E-state index contributed by atoms with van der Waals surface area (Å²) in [6.07, 6.45) is 5.02. The SMILES string of the molecule is N[C@@H](Cc1ccccc1)C(=O)[N+](Cc1ccccc1)(Cc1ccccc1)C(=O)[C@H]1CCCC[C@H]1NC(=O)c1c[nH]c2ccccc12. The molecule has 0 bridgehead atoms. The van der Waals surface area contributed by atoms with E-state index in [1.54, 1.807) is 6.20 Å². The lowest BCUT2D eigenvalue weighted by Gasteiger charge is -2.40. The average molecular weight is 614 g/mol. The number of benzene rings is 4. The molecule has 0 radical (unpaired) electrons. The van der Waals surface area contributed by atoms with E-state index in [1.807, 2.05) is 115 Å². The number of imide groups is 1. The minimum absolute atomic E-state index is 0.176. The van der Waals surface area contributed by atoms with Crippen LogP contribution in [0.3, 0.4) is 0 Å². The van der Waals surface area contributed by atoms with Crippen LogP contribution in [0, 0.1) is 5.92 Å². The van der Waals surface area contributed by atoms with Crippen molar-refractivity contribution in [1.29, 1.82) is 0 Å². The minimum atomic E-state index is -0.901. The third-order valence-electron chi connectivity index (χ3n) is 9.28. The Hall–Kier alpha value is -4.85. The Morgan fingerprint density at radius 1 is 0.739 bits per heavy atom. The zero-order valence-electron chi connectivity index (χ0n) is 26.0. The number of rotatable bonds is 10. The van der Waals surface area contributed by atoms with E-state index in [1.165, 1.54) is 0 Å². The van der Waals surface area contributed by atoms with Gasteiger partial charge in [0.15, 0.2) is 0 Å². The molecule has 1 saturated carbocycles. The summed E-state index contributed by atoms with van der Waals surface area (Å²) >= 11 is 0. The number of H-pyrrole nitrogens is 1. The van der Waals surface area contributed by atoms with Crippen molar-refractivity contribution in [2.45, 2.75) is 57.3 Å². The first-order valence-corrected chi connectivity index (χ1v) is 16.1. The van der Waals surface area contributed by atoms with Gasteiger partial charge in [0, 0.05) is 40.7 Å². The minimum Gasteiger partial charge on any atom is -0.360 e. The van der Waals surface area contributed by atoms with Gasteiger partial charge in [-0.05, 0) is 24.5 Å². The fraction of sp³-hybridized carbons (Fsp3) is 0.256. The second-order valence-corrected chi connectivity index (χ2v) is 12.4. The summed E-state index contributed by atoms with van der Waals surface area (Å²) in [4.78, 5) is 47.0. The second kappa shape index (κ2) is 14.1. The van der Waals surface area contributed by atoms with E-state index in [-0.39, 0.29) is 30.8 Å². The third kappa shape index (κ3) is 6.71. The van der Waals surface area contributed by atoms with Crippen LogP contribution in [0.5, 0.6) is 0 Å². The van der Waals surface area contributed by atoms with Crippen molar-refractivity contribution in [3.63, 3.8) is 0 Å². The first kappa shape index (κ1) is 31.1. The summed E-state index contributed by atoms with van der Waals surface area (Å²) in [5, 5.41) is 4.05. The molecule has 1 aliphatic rings. The molecule has 4 aromatic carbocycles. The van der Waals surface area contributed by atoms with Crippen LogP contribution in [0.15, 0.2) is 121 Å². The quantitative estimate of drug-likeness (QED) is 0.161. The number of hydrogen-bond donors (Lipinski definition) is 3. The van der Waals surface area contributed by atoms with Crippen LogP contribution in [0.1, 0.15) is 52.7 Å². The van der Waals surface area contributed by atoms with Crippen molar-refractivity contribution in [3.8, 4) is 0 Å². The largest absolute Gasteiger partial charge is 0.360 e. The Kier molecular flexibility index (Phi) is 9.52. The van der Waals surface area contributed by atoms with Crippen LogP contribution >= 0.6 is 0 Å². The number of nitrogens with one attached hydrogen (secondary N) is 2. The van der Waals surface area contributed by atoms with Crippen LogP contribution in [0.4, 0.5) is 0 Å². The highest BCUT2D eigenvalue weighted by Crippen LogP contribution is 2.33. The molecular weight excluding hydrogens is 572 g/mol. The molecule has 0 spiro atoms. The van der Waals surface area contributed by atoms with Crippen molar-refractivity contribution in [2.24, 2.45) is 11.7 Å². The number of nitrogens with zero attached hydrogens (tertiary/aromatic N) is 1. The Morgan fingerprint density at radius 2 is 1.28 bits per heavy atom. The van der Waals surface area contributed by atoms with E-state index in [2.05, 4.69) is 10.3 Å². The standard InChI is InChI=1S/C39H40N4O3/c40-34(24-28-14-4-1-5-15-28)39(46)43(26-29-16-6-2-7-17-29,27-30-18-8-3-9-19-30)38(45)32-21-11-13-23-36(32)42-37(44)33-25-41-35-22-12-10-20-31(33)35/h1-10,12,14-20,22,25,32,34,36H,11,13,21,23-24,26-27,40H2,(H-,41,42,44)/p+1/t32-,34-,36+/m0/s1. The Bertz CT molecular complexity index is 1740. The van der Waals surface area contributed by atoms with Gasteiger partial charge in [0.2, 0.25) is 0 Å². The zero-order valence-corrected chi connectivity index (χ0v) is 26.0. The Labute approximate surface area is 270 Å². The lowest BCUT2D eigenvalue weighted by atomic mass is 9.82. The lowest BCUT2D eigenvalue weighted by Crippen LogP contribution is -2.65. The summed E-state index contributed by atoms with van der Waals surface area (Å²) in [6.45, 7) is 0.352. The molecule has 7 heteroatoms. The molecule has 3 atom stereocenters. The van der Waals surface area contributed by atoms with Gasteiger partial charge >= 0.3 is 11.8 Å². The molecule has 46 heavy (non-hydrogen) atoms. The molecule has 234 valence electrons. The number of carbonyl (C=O) groups is 3. The smallest absolute Gasteiger partial charge is 0.338 e. The van der Waals surface area contributed by atoms with Crippen molar-refractivity contribution in [2.75, 3.05) is 0 Å². The molecule has 0 aliphatic heterocycles. The molecule has 1 aliphatic carbocycles. The highest BCUT2D eigenvalue weighted by Gasteiger charge is 2.52. The number of aromatic nitrogens is 1. The number of para-hydroxylation sites is 1. The van der Waals surface area contributed by atoms with Gasteiger partial charge in [-0.2, -0.15) is 4.48 Å². The van der Waals surface area contributed by atoms with E-state index < -0.39 is 22.5 Å². The molecule has 3 amide bonds. The maximum Gasteiger partial charge on any atom is 0.338 e. The number of aromatic amines is 1. The summed E-state index contributed by atoms with van der Waals surface area (Å²) in [7, 11) is 0. The van der Waals surface area contributed by atoms with Gasteiger partial charge in [-0.15, -0.1) is 0 Å². The molecule has 1 heterocycles. The van der Waals surface area contributed by atoms with Crippen LogP contribution in [0.25, 0.3) is 10.9 Å². The molecule has 4 N–H and O–H groups in total. The predicted molar refractivity (Wildman–Crippen MR) is 180 cm³/mol. The first-order valence-electron chi connectivity index (χ1n) is 16.1. The Balaban J connectivity index is 1.39. The van der Waals surface area contributed by atoms with E-state index in [4.69, 9.17) is 5.73 Å². The van der Waals surface area contributed by atoms with Gasteiger partial charge in [0.1, 0.15) is 19.1 Å². The second-order valence-electron chi connectivity index (χ2n) is 12.4. The molecule has 5 aromatic rings. The van der Waals surface area contributed by atoms with Crippen molar-refractivity contribution in [1.82, 2.24) is 10.3 Å². The number of carbonyl (C=O) groups excluding carboxylic acids is 3. The van der Waals surface area contributed by atoms with Crippen LogP contribution in [-0.2, 0) is 29.1 Å². The lowest BCUT2D eigenvalue weighted by molar-refractivity contribution is -0.809. The van der Waals surface area contributed by atoms with Gasteiger partial charge < -0.3 is 16.0 Å². The predicted octanol–water partition coefficient (Wildman–Crippen LogP) is 6.30. The molecular formula is C39H41N4O3+. The normalized spacial score (nSPS) is 17.3. The summed E-state index contributed by atoms with van der Waals surface area (Å²) in [5.74, 6) is -1.28. The van der Waals surface area contributed by atoms with Gasteiger partial charge in [-0.3, -0.25) is 4.79 Å². The van der Waals surface area contributed by atoms with Crippen LogP contribution in [0.2, 0.25) is 0 Å². The molecule has 0 saturated heterocycles. The highest BCUT2D eigenvalue weighted by molar-refractivity contribution is 6.07. The molecule has 0 unspecified atom stereocenters.